The number of unbranched alkanes of at least 4 members (excludes halogenated alkanes) is 1. The lowest BCUT2D eigenvalue weighted by atomic mass is 9.95. The van der Waals surface area contributed by atoms with Gasteiger partial charge < -0.3 is 30.2 Å². The second-order valence-corrected chi connectivity index (χ2v) is 9.10. The number of amides is 3. The molecule has 1 aliphatic carbocycles. The van der Waals surface area contributed by atoms with Crippen molar-refractivity contribution in [2.75, 3.05) is 52.7 Å². The molecular formula is C26H49N3O6. The van der Waals surface area contributed by atoms with Gasteiger partial charge in [0.15, 0.2) is 0 Å². The van der Waals surface area contributed by atoms with Gasteiger partial charge in [-0.25, -0.2) is 0 Å². The Morgan fingerprint density at radius 3 is 1.66 bits per heavy atom. The van der Waals surface area contributed by atoms with Crippen LogP contribution < -0.4 is 16.0 Å². The molecule has 1 aliphatic rings. The Morgan fingerprint density at radius 2 is 1.11 bits per heavy atom. The van der Waals surface area contributed by atoms with E-state index < -0.39 is 0 Å². The molecule has 0 aromatic rings. The van der Waals surface area contributed by atoms with E-state index in [1.54, 1.807) is 0 Å². The lowest BCUT2D eigenvalue weighted by Crippen LogP contribution is -2.36. The van der Waals surface area contributed by atoms with E-state index in [2.05, 4.69) is 22.9 Å². The predicted octanol–water partition coefficient (Wildman–Crippen LogP) is 2.86. The second kappa shape index (κ2) is 22.7. The Bertz CT molecular complexity index is 555. The normalized spacial score (nSPS) is 14.0. The first-order valence-corrected chi connectivity index (χ1v) is 13.7. The average molecular weight is 500 g/mol. The van der Waals surface area contributed by atoms with E-state index in [-0.39, 0.29) is 17.7 Å². The van der Waals surface area contributed by atoms with Crippen LogP contribution in [0.15, 0.2) is 0 Å². The third-order valence-electron chi connectivity index (χ3n) is 5.85. The van der Waals surface area contributed by atoms with Crippen molar-refractivity contribution >= 4 is 17.7 Å². The van der Waals surface area contributed by atoms with Crippen molar-refractivity contribution in [1.82, 2.24) is 16.0 Å². The van der Waals surface area contributed by atoms with Crippen LogP contribution in [0.4, 0.5) is 0 Å². The number of ether oxygens (including phenoxy) is 3. The van der Waals surface area contributed by atoms with E-state index in [0.29, 0.717) is 84.5 Å². The van der Waals surface area contributed by atoms with Gasteiger partial charge in [0.05, 0.1) is 26.4 Å². The third kappa shape index (κ3) is 20.2. The molecule has 1 fully saturated rings. The fourth-order valence-corrected chi connectivity index (χ4v) is 3.82. The molecule has 0 aliphatic heterocycles. The van der Waals surface area contributed by atoms with Gasteiger partial charge >= 0.3 is 0 Å². The highest BCUT2D eigenvalue weighted by Gasteiger charge is 2.15. The molecule has 9 nitrogen and oxygen atoms in total. The molecule has 0 bridgehead atoms. The van der Waals surface area contributed by atoms with Gasteiger partial charge in [0, 0.05) is 51.6 Å². The van der Waals surface area contributed by atoms with Crippen LogP contribution in [0.1, 0.15) is 90.4 Å². The van der Waals surface area contributed by atoms with Crippen molar-refractivity contribution in [3.8, 4) is 0 Å². The molecule has 1 rings (SSSR count). The third-order valence-corrected chi connectivity index (χ3v) is 5.85. The van der Waals surface area contributed by atoms with E-state index in [0.717, 1.165) is 38.5 Å². The van der Waals surface area contributed by atoms with Crippen LogP contribution in [-0.2, 0) is 28.6 Å². The Balaban J connectivity index is 1.76. The van der Waals surface area contributed by atoms with Gasteiger partial charge in [-0.1, -0.05) is 32.6 Å². The molecule has 0 spiro atoms. The summed E-state index contributed by atoms with van der Waals surface area (Å²) in [7, 11) is 0. The van der Waals surface area contributed by atoms with Crippen LogP contribution in [0.3, 0.4) is 0 Å². The summed E-state index contributed by atoms with van der Waals surface area (Å²) >= 11 is 0. The first-order chi connectivity index (χ1) is 17.1. The van der Waals surface area contributed by atoms with Crippen LogP contribution in [0.5, 0.6) is 0 Å². The van der Waals surface area contributed by atoms with Crippen molar-refractivity contribution in [2.24, 2.45) is 0 Å². The fraction of sp³-hybridized carbons (Fsp3) is 0.885. The first kappa shape index (κ1) is 31.3. The lowest BCUT2D eigenvalue weighted by molar-refractivity contribution is -0.123. The van der Waals surface area contributed by atoms with Crippen molar-refractivity contribution in [1.29, 1.82) is 0 Å². The van der Waals surface area contributed by atoms with Gasteiger partial charge in [-0.3, -0.25) is 14.4 Å². The van der Waals surface area contributed by atoms with Gasteiger partial charge in [0.2, 0.25) is 17.7 Å². The van der Waals surface area contributed by atoms with Crippen LogP contribution in [0, 0.1) is 0 Å². The zero-order chi connectivity index (χ0) is 25.4. The Kier molecular flexibility index (Phi) is 20.3. The molecule has 3 N–H and O–H groups in total. The van der Waals surface area contributed by atoms with Gasteiger partial charge in [0.1, 0.15) is 0 Å². The van der Waals surface area contributed by atoms with Crippen molar-refractivity contribution in [3.63, 3.8) is 0 Å². The molecule has 0 atom stereocenters. The lowest BCUT2D eigenvalue weighted by Gasteiger charge is -2.22. The largest absolute Gasteiger partial charge is 0.379 e. The summed E-state index contributed by atoms with van der Waals surface area (Å²) < 4.78 is 16.4. The summed E-state index contributed by atoms with van der Waals surface area (Å²) in [5.74, 6) is 0.163. The maximum atomic E-state index is 11.9. The molecule has 0 saturated heterocycles. The van der Waals surface area contributed by atoms with Gasteiger partial charge in [-0.15, -0.1) is 0 Å². The van der Waals surface area contributed by atoms with Gasteiger partial charge in [-0.05, 0) is 38.5 Å². The molecule has 0 radical (unpaired) electrons. The molecule has 9 heteroatoms. The smallest absolute Gasteiger partial charge is 0.220 e. The highest BCUT2D eigenvalue weighted by molar-refractivity contribution is 5.79. The summed E-state index contributed by atoms with van der Waals surface area (Å²) in [4.78, 5) is 35.3. The standard InChI is InChI=1S/C26H49N3O6/c1-2-3-12-24(30)27-15-8-17-33-19-21-35-22-20-34-18-9-16-28-25(31)13-7-14-26(32)29-23-10-5-4-6-11-23/h23H,2-22H2,1H3,(H,27,30)(H,28,31)(H,29,32). The number of rotatable bonds is 22. The minimum atomic E-state index is -0.0160. The van der Waals surface area contributed by atoms with Crippen LogP contribution >= 0.6 is 0 Å². The molecule has 0 heterocycles. The van der Waals surface area contributed by atoms with Crippen molar-refractivity contribution in [2.45, 2.75) is 96.4 Å². The SMILES string of the molecule is CCCCC(=O)NCCCOCCOCCOCCCNC(=O)CCCC(=O)NC1CCCCC1. The van der Waals surface area contributed by atoms with Crippen molar-refractivity contribution in [3.05, 3.63) is 0 Å². The van der Waals surface area contributed by atoms with E-state index in [9.17, 15) is 14.4 Å². The van der Waals surface area contributed by atoms with Crippen LogP contribution in [0.25, 0.3) is 0 Å². The fourth-order valence-electron chi connectivity index (χ4n) is 3.82. The molecule has 35 heavy (non-hydrogen) atoms. The number of carbonyl (C=O) groups is 3. The predicted molar refractivity (Wildman–Crippen MR) is 136 cm³/mol. The first-order valence-electron chi connectivity index (χ1n) is 13.7. The average Bonchev–Trinajstić information content (AvgIpc) is 2.85. The van der Waals surface area contributed by atoms with Gasteiger partial charge in [0.25, 0.3) is 0 Å². The number of nitrogens with one attached hydrogen (secondary N) is 3. The quantitative estimate of drug-likeness (QED) is 0.197. The Labute approximate surface area is 211 Å². The second-order valence-electron chi connectivity index (χ2n) is 9.10. The molecule has 0 aromatic heterocycles. The summed E-state index contributed by atoms with van der Waals surface area (Å²) in [6, 6.07) is 0.329. The van der Waals surface area contributed by atoms with E-state index in [1.807, 2.05) is 0 Å². The maximum absolute atomic E-state index is 11.9. The Hall–Kier alpha value is -1.71. The molecular weight excluding hydrogens is 450 g/mol. The van der Waals surface area contributed by atoms with E-state index >= 15 is 0 Å². The maximum Gasteiger partial charge on any atom is 0.220 e. The monoisotopic (exact) mass is 499 g/mol. The minimum Gasteiger partial charge on any atom is -0.379 e. The summed E-state index contributed by atoms with van der Waals surface area (Å²) in [5, 5.41) is 8.84. The topological polar surface area (TPSA) is 115 Å². The van der Waals surface area contributed by atoms with E-state index in [4.69, 9.17) is 14.2 Å². The number of carbonyl (C=O) groups excluding carboxylic acids is 3. The van der Waals surface area contributed by atoms with E-state index in [1.165, 1.54) is 19.3 Å². The molecule has 204 valence electrons. The molecule has 0 unspecified atom stereocenters. The summed E-state index contributed by atoms with van der Waals surface area (Å²) in [5.41, 5.74) is 0. The molecule has 1 saturated carbocycles. The number of hydrogen-bond donors (Lipinski definition) is 3. The zero-order valence-corrected chi connectivity index (χ0v) is 21.9. The summed E-state index contributed by atoms with van der Waals surface area (Å²) in [6.07, 6.45) is 11.3. The van der Waals surface area contributed by atoms with Crippen LogP contribution in [-0.4, -0.2) is 76.5 Å². The zero-order valence-electron chi connectivity index (χ0n) is 21.9. The minimum absolute atomic E-state index is 0.0160. The molecule has 0 aromatic carbocycles. The highest BCUT2D eigenvalue weighted by atomic mass is 16.5. The summed E-state index contributed by atoms with van der Waals surface area (Å²) in [6.45, 7) is 6.51. The van der Waals surface area contributed by atoms with Crippen molar-refractivity contribution < 1.29 is 28.6 Å². The highest BCUT2D eigenvalue weighted by Crippen LogP contribution is 2.17. The van der Waals surface area contributed by atoms with Crippen LogP contribution in [0.2, 0.25) is 0 Å². The number of hydrogen-bond acceptors (Lipinski definition) is 6. The Morgan fingerprint density at radius 1 is 0.629 bits per heavy atom. The molecule has 3 amide bonds. The van der Waals surface area contributed by atoms with Gasteiger partial charge in [-0.2, -0.15) is 0 Å².